The van der Waals surface area contributed by atoms with Crippen molar-refractivity contribution in [2.45, 2.75) is 25.3 Å². The highest BCUT2D eigenvalue weighted by Crippen LogP contribution is 2.24. The Balaban J connectivity index is 0.00000162. The minimum absolute atomic E-state index is 0. The van der Waals surface area contributed by atoms with Crippen molar-refractivity contribution < 1.29 is 0 Å². The molecule has 102 valence electrons. The Morgan fingerprint density at radius 3 is 2.28 bits per heavy atom. The van der Waals surface area contributed by atoms with Crippen molar-refractivity contribution in [1.82, 2.24) is 4.90 Å². The summed E-state index contributed by atoms with van der Waals surface area (Å²) in [7, 11) is 0. The molecule has 0 amide bonds. The first kappa shape index (κ1) is 16.1. The molecule has 0 N–H and O–H groups in total. The fourth-order valence-electron chi connectivity index (χ4n) is 2.68. The molecule has 0 spiro atoms. The second-order valence-corrected chi connectivity index (χ2v) is 5.34. The maximum absolute atomic E-state index is 5.87. The smallest absolute Gasteiger partial charge is 0.0351 e. The van der Waals surface area contributed by atoms with Gasteiger partial charge in [-0.05, 0) is 30.4 Å². The molecule has 1 unspecified atom stereocenters. The summed E-state index contributed by atoms with van der Waals surface area (Å²) in [5.41, 5.74) is 3.01. The lowest BCUT2D eigenvalue weighted by Crippen LogP contribution is -2.41. The number of hydrogen-bond donors (Lipinski definition) is 0. The maximum atomic E-state index is 5.87. The number of rotatable bonds is 5. The van der Waals surface area contributed by atoms with E-state index < -0.39 is 0 Å². The van der Waals surface area contributed by atoms with Gasteiger partial charge in [-0.1, -0.05) is 24.3 Å². The molecule has 1 aromatic carbocycles. The summed E-state index contributed by atoms with van der Waals surface area (Å²) in [5, 5.41) is 0. The molecule has 1 aliphatic carbocycles. The van der Waals surface area contributed by atoms with Crippen molar-refractivity contribution in [3.63, 3.8) is 0 Å². The Kier molecular flexibility index (Phi) is 7.40. The van der Waals surface area contributed by atoms with Crippen LogP contribution < -0.4 is 0 Å². The number of aryl methyl sites for hydroxylation is 1. The van der Waals surface area contributed by atoms with Crippen molar-refractivity contribution >= 4 is 35.6 Å². The number of hydrogen-bond acceptors (Lipinski definition) is 1. The number of fused-ring (bicyclic) bond motifs is 1. The minimum atomic E-state index is 0. The molecule has 0 aromatic heterocycles. The van der Waals surface area contributed by atoms with Crippen LogP contribution in [0.1, 0.15) is 17.5 Å². The molecule has 0 radical (unpaired) electrons. The molecule has 0 aliphatic heterocycles. The summed E-state index contributed by atoms with van der Waals surface area (Å²) in [6.45, 7) is 1.89. The van der Waals surface area contributed by atoms with E-state index in [2.05, 4.69) is 29.2 Å². The van der Waals surface area contributed by atoms with Gasteiger partial charge in [0.25, 0.3) is 0 Å². The molecule has 1 aliphatic rings. The molecule has 0 saturated carbocycles. The molecule has 0 heterocycles. The van der Waals surface area contributed by atoms with E-state index >= 15 is 0 Å². The zero-order valence-electron chi connectivity index (χ0n) is 10.4. The first-order chi connectivity index (χ1) is 8.35. The van der Waals surface area contributed by atoms with E-state index in [0.29, 0.717) is 17.8 Å². The Labute approximate surface area is 126 Å². The van der Waals surface area contributed by atoms with Crippen LogP contribution in [0, 0.1) is 0 Å². The monoisotopic (exact) mass is 307 g/mol. The van der Waals surface area contributed by atoms with Crippen molar-refractivity contribution in [1.29, 1.82) is 0 Å². The van der Waals surface area contributed by atoms with Crippen LogP contribution in [0.3, 0.4) is 0 Å². The van der Waals surface area contributed by atoms with Gasteiger partial charge in [-0.2, -0.15) is 0 Å². The van der Waals surface area contributed by atoms with E-state index in [1.54, 1.807) is 0 Å². The van der Waals surface area contributed by atoms with Crippen LogP contribution in [0.2, 0.25) is 0 Å². The van der Waals surface area contributed by atoms with Gasteiger partial charge < -0.3 is 0 Å². The van der Waals surface area contributed by atoms with E-state index in [-0.39, 0.29) is 12.4 Å². The molecule has 1 atom stereocenters. The van der Waals surface area contributed by atoms with E-state index in [9.17, 15) is 0 Å². The van der Waals surface area contributed by atoms with E-state index in [4.69, 9.17) is 23.2 Å². The van der Waals surface area contributed by atoms with Gasteiger partial charge in [0.15, 0.2) is 0 Å². The zero-order chi connectivity index (χ0) is 12.1. The van der Waals surface area contributed by atoms with Gasteiger partial charge in [-0.15, -0.1) is 35.6 Å². The molecule has 18 heavy (non-hydrogen) atoms. The summed E-state index contributed by atoms with van der Waals surface area (Å²) in [4.78, 5) is 2.44. The van der Waals surface area contributed by atoms with Gasteiger partial charge in [0.1, 0.15) is 0 Å². The average Bonchev–Trinajstić information content (AvgIpc) is 2.38. The van der Waals surface area contributed by atoms with Crippen molar-refractivity contribution in [2.24, 2.45) is 0 Å². The van der Waals surface area contributed by atoms with Crippen LogP contribution in [-0.4, -0.2) is 35.8 Å². The van der Waals surface area contributed by atoms with Crippen molar-refractivity contribution in [3.05, 3.63) is 35.4 Å². The van der Waals surface area contributed by atoms with Gasteiger partial charge in [-0.3, -0.25) is 4.90 Å². The summed E-state index contributed by atoms with van der Waals surface area (Å²) < 4.78 is 0. The van der Waals surface area contributed by atoms with Gasteiger partial charge >= 0.3 is 0 Å². The first-order valence-corrected chi connectivity index (χ1v) is 7.35. The number of alkyl halides is 2. The van der Waals surface area contributed by atoms with Crippen LogP contribution in [0.15, 0.2) is 24.3 Å². The predicted molar refractivity (Wildman–Crippen MR) is 82.5 cm³/mol. The fraction of sp³-hybridized carbons (Fsp3) is 0.571. The lowest BCUT2D eigenvalue weighted by atomic mass is 9.87. The van der Waals surface area contributed by atoms with Crippen LogP contribution in [0.25, 0.3) is 0 Å². The van der Waals surface area contributed by atoms with E-state index in [1.165, 1.54) is 24.0 Å². The summed E-state index contributed by atoms with van der Waals surface area (Å²) in [6.07, 6.45) is 3.55. The third-order valence-electron chi connectivity index (χ3n) is 3.58. The maximum Gasteiger partial charge on any atom is 0.0351 e. The Bertz CT molecular complexity index is 351. The van der Waals surface area contributed by atoms with E-state index in [0.717, 1.165) is 19.5 Å². The lowest BCUT2D eigenvalue weighted by molar-refractivity contribution is 0.201. The molecule has 1 aromatic rings. The van der Waals surface area contributed by atoms with Gasteiger partial charge in [0.2, 0.25) is 0 Å². The largest absolute Gasteiger partial charge is 0.298 e. The molecule has 2 rings (SSSR count). The fourth-order valence-corrected chi connectivity index (χ4v) is 3.12. The molecule has 1 nitrogen and oxygen atoms in total. The van der Waals surface area contributed by atoms with E-state index in [1.807, 2.05) is 0 Å². The summed E-state index contributed by atoms with van der Waals surface area (Å²) >= 11 is 11.7. The molecule has 0 bridgehead atoms. The van der Waals surface area contributed by atoms with Crippen LogP contribution in [-0.2, 0) is 12.8 Å². The lowest BCUT2D eigenvalue weighted by Gasteiger charge is -2.34. The van der Waals surface area contributed by atoms with Gasteiger partial charge in [0.05, 0.1) is 0 Å². The van der Waals surface area contributed by atoms with Crippen LogP contribution in [0.4, 0.5) is 0 Å². The SMILES string of the molecule is Cl.ClCCN(CCCl)C1CCc2ccccc2C1. The third kappa shape index (κ3) is 4.03. The topological polar surface area (TPSA) is 3.24 Å². The van der Waals surface area contributed by atoms with Crippen molar-refractivity contribution in [3.8, 4) is 0 Å². The molecule has 0 fully saturated rings. The molecular formula is C14H20Cl3N. The summed E-state index contributed by atoms with van der Waals surface area (Å²) in [6, 6.07) is 9.38. The average molecular weight is 309 g/mol. The first-order valence-electron chi connectivity index (χ1n) is 6.28. The Hall–Kier alpha value is 0.0500. The molecule has 4 heteroatoms. The summed E-state index contributed by atoms with van der Waals surface area (Å²) in [5.74, 6) is 1.38. The third-order valence-corrected chi connectivity index (χ3v) is 3.92. The molecular weight excluding hydrogens is 289 g/mol. The quantitative estimate of drug-likeness (QED) is 0.749. The second-order valence-electron chi connectivity index (χ2n) is 4.58. The minimum Gasteiger partial charge on any atom is -0.298 e. The number of nitrogens with zero attached hydrogens (tertiary/aromatic N) is 1. The van der Waals surface area contributed by atoms with Crippen LogP contribution in [0.5, 0.6) is 0 Å². The highest BCUT2D eigenvalue weighted by Gasteiger charge is 2.23. The number of halogens is 3. The highest BCUT2D eigenvalue weighted by atomic mass is 35.5. The standard InChI is InChI=1S/C14H19Cl2N.ClH/c15-7-9-17(10-8-16)14-6-5-12-3-1-2-4-13(12)11-14;/h1-4,14H,5-11H2;1H. The second kappa shape index (κ2) is 8.27. The van der Waals surface area contributed by atoms with Gasteiger partial charge in [0, 0.05) is 30.9 Å². The zero-order valence-corrected chi connectivity index (χ0v) is 12.8. The van der Waals surface area contributed by atoms with Crippen molar-refractivity contribution in [2.75, 3.05) is 24.8 Å². The Morgan fingerprint density at radius 1 is 1.06 bits per heavy atom. The number of benzene rings is 1. The normalized spacial score (nSPS) is 18.3. The van der Waals surface area contributed by atoms with Crippen LogP contribution >= 0.6 is 35.6 Å². The predicted octanol–water partition coefficient (Wildman–Crippen LogP) is 3.75. The Morgan fingerprint density at radius 2 is 1.67 bits per heavy atom. The molecule has 0 saturated heterocycles. The van der Waals surface area contributed by atoms with Gasteiger partial charge in [-0.25, -0.2) is 0 Å². The highest BCUT2D eigenvalue weighted by molar-refractivity contribution is 6.18.